The van der Waals surface area contributed by atoms with E-state index in [1.54, 1.807) is 0 Å². The number of hydrogen-bond donors (Lipinski definition) is 1. The van der Waals surface area contributed by atoms with Gasteiger partial charge in [-0.3, -0.25) is 0 Å². The van der Waals surface area contributed by atoms with Crippen molar-refractivity contribution in [3.63, 3.8) is 0 Å². The van der Waals surface area contributed by atoms with Gasteiger partial charge in [0.2, 0.25) is 0 Å². The van der Waals surface area contributed by atoms with E-state index in [0.717, 1.165) is 11.0 Å². The van der Waals surface area contributed by atoms with Gasteiger partial charge in [-0.05, 0) is 30.5 Å². The monoisotopic (exact) mass is 285 g/mol. The molecule has 0 aliphatic rings. The number of nitrogens with two attached hydrogens (primary N) is 1. The predicted octanol–water partition coefficient (Wildman–Crippen LogP) is 3.84. The van der Waals surface area contributed by atoms with Crippen molar-refractivity contribution in [2.75, 3.05) is 0 Å². The SMILES string of the molecule is Cc1ccc2oc(-c3nc(C(N)C(C)(C)C)no3)cc2c1. The maximum Gasteiger partial charge on any atom is 0.293 e. The van der Waals surface area contributed by atoms with Crippen molar-refractivity contribution >= 4 is 11.0 Å². The fraction of sp³-hybridized carbons (Fsp3) is 0.375. The first-order valence-corrected chi connectivity index (χ1v) is 6.94. The topological polar surface area (TPSA) is 78.1 Å². The summed E-state index contributed by atoms with van der Waals surface area (Å²) in [6, 6.07) is 7.61. The molecule has 1 aromatic carbocycles. The molecule has 5 nitrogen and oxygen atoms in total. The van der Waals surface area contributed by atoms with E-state index in [4.69, 9.17) is 14.7 Å². The van der Waals surface area contributed by atoms with Crippen molar-refractivity contribution in [1.29, 1.82) is 0 Å². The van der Waals surface area contributed by atoms with Crippen molar-refractivity contribution in [3.05, 3.63) is 35.7 Å². The summed E-state index contributed by atoms with van der Waals surface area (Å²) >= 11 is 0. The van der Waals surface area contributed by atoms with Crippen LogP contribution in [0, 0.1) is 12.3 Å². The fourth-order valence-electron chi connectivity index (χ4n) is 2.12. The summed E-state index contributed by atoms with van der Waals surface area (Å²) in [6.45, 7) is 8.16. The maximum atomic E-state index is 6.14. The van der Waals surface area contributed by atoms with E-state index in [-0.39, 0.29) is 11.5 Å². The van der Waals surface area contributed by atoms with Crippen molar-refractivity contribution in [3.8, 4) is 11.7 Å². The van der Waals surface area contributed by atoms with Crippen molar-refractivity contribution in [2.45, 2.75) is 33.7 Å². The minimum absolute atomic E-state index is 0.133. The molecular formula is C16H19N3O2. The van der Waals surface area contributed by atoms with Crippen LogP contribution in [0.3, 0.4) is 0 Å². The Morgan fingerprint density at radius 1 is 1.19 bits per heavy atom. The smallest absolute Gasteiger partial charge is 0.293 e. The second kappa shape index (κ2) is 4.70. The van der Waals surface area contributed by atoms with Crippen LogP contribution < -0.4 is 5.73 Å². The van der Waals surface area contributed by atoms with Crippen LogP contribution in [-0.4, -0.2) is 10.1 Å². The molecule has 5 heteroatoms. The largest absolute Gasteiger partial charge is 0.451 e. The third-order valence-corrected chi connectivity index (χ3v) is 3.54. The van der Waals surface area contributed by atoms with Gasteiger partial charge in [0, 0.05) is 5.39 Å². The second-order valence-electron chi connectivity index (χ2n) is 6.45. The molecule has 2 heterocycles. The first-order valence-electron chi connectivity index (χ1n) is 6.94. The molecule has 2 aromatic heterocycles. The van der Waals surface area contributed by atoms with Crippen LogP contribution in [0.25, 0.3) is 22.6 Å². The maximum absolute atomic E-state index is 6.14. The quantitative estimate of drug-likeness (QED) is 0.774. The number of hydrogen-bond acceptors (Lipinski definition) is 5. The van der Waals surface area contributed by atoms with Gasteiger partial charge in [0.15, 0.2) is 11.6 Å². The van der Waals surface area contributed by atoms with Crippen LogP contribution in [0.1, 0.15) is 38.2 Å². The molecule has 0 radical (unpaired) electrons. The highest BCUT2D eigenvalue weighted by Crippen LogP contribution is 2.31. The number of furan rings is 1. The molecule has 0 amide bonds. The lowest BCUT2D eigenvalue weighted by atomic mass is 9.87. The lowest BCUT2D eigenvalue weighted by Gasteiger charge is -2.23. The van der Waals surface area contributed by atoms with Gasteiger partial charge in [0.05, 0.1) is 6.04 Å². The Morgan fingerprint density at radius 3 is 2.67 bits per heavy atom. The fourth-order valence-corrected chi connectivity index (χ4v) is 2.12. The molecule has 0 aliphatic carbocycles. The summed E-state index contributed by atoms with van der Waals surface area (Å²) in [4.78, 5) is 4.37. The number of benzene rings is 1. The molecule has 0 saturated heterocycles. The molecule has 3 rings (SSSR count). The van der Waals surface area contributed by atoms with Crippen molar-refractivity contribution in [2.24, 2.45) is 11.1 Å². The Hall–Kier alpha value is -2.14. The standard InChI is InChI=1S/C16H19N3O2/c1-9-5-6-11-10(7-9)8-12(20-11)15-18-14(19-21-15)13(17)16(2,3)4/h5-8,13H,17H2,1-4H3. The van der Waals surface area contributed by atoms with Gasteiger partial charge < -0.3 is 14.7 Å². The zero-order valence-electron chi connectivity index (χ0n) is 12.7. The van der Waals surface area contributed by atoms with Gasteiger partial charge in [0.1, 0.15) is 5.58 Å². The molecule has 1 atom stereocenters. The van der Waals surface area contributed by atoms with Crippen LogP contribution in [0.4, 0.5) is 0 Å². The van der Waals surface area contributed by atoms with E-state index in [9.17, 15) is 0 Å². The third kappa shape index (κ3) is 2.56. The summed E-state index contributed by atoms with van der Waals surface area (Å²) in [6.07, 6.45) is 0. The van der Waals surface area contributed by atoms with Gasteiger partial charge in [0.25, 0.3) is 5.89 Å². The average Bonchev–Trinajstić information content (AvgIpc) is 3.01. The minimum Gasteiger partial charge on any atom is -0.451 e. The average molecular weight is 285 g/mol. The van der Waals surface area contributed by atoms with Crippen LogP contribution >= 0.6 is 0 Å². The molecule has 1 unspecified atom stereocenters. The van der Waals surface area contributed by atoms with E-state index in [1.807, 2.05) is 45.9 Å². The second-order valence-corrected chi connectivity index (χ2v) is 6.45. The van der Waals surface area contributed by atoms with E-state index < -0.39 is 0 Å². The summed E-state index contributed by atoms with van der Waals surface area (Å²) in [5.41, 5.74) is 7.99. The molecule has 21 heavy (non-hydrogen) atoms. The number of aromatic nitrogens is 2. The molecule has 0 aliphatic heterocycles. The summed E-state index contributed by atoms with van der Waals surface area (Å²) in [5.74, 6) is 1.42. The van der Waals surface area contributed by atoms with Gasteiger partial charge >= 0.3 is 0 Å². The van der Waals surface area contributed by atoms with E-state index in [2.05, 4.69) is 16.2 Å². The molecule has 0 saturated carbocycles. The molecule has 0 bridgehead atoms. The minimum atomic E-state index is -0.290. The molecule has 0 spiro atoms. The van der Waals surface area contributed by atoms with Gasteiger partial charge in [-0.1, -0.05) is 37.6 Å². The number of fused-ring (bicyclic) bond motifs is 1. The van der Waals surface area contributed by atoms with Crippen molar-refractivity contribution in [1.82, 2.24) is 10.1 Å². The first kappa shape index (κ1) is 13.8. The molecule has 3 aromatic rings. The van der Waals surface area contributed by atoms with Crippen LogP contribution in [0.15, 0.2) is 33.2 Å². The Morgan fingerprint density at radius 2 is 1.95 bits per heavy atom. The Labute approximate surface area is 123 Å². The highest BCUT2D eigenvalue weighted by Gasteiger charge is 2.27. The van der Waals surface area contributed by atoms with E-state index in [0.29, 0.717) is 17.5 Å². The predicted molar refractivity (Wildman–Crippen MR) is 80.6 cm³/mol. The normalized spacial score (nSPS) is 13.8. The first-order chi connectivity index (χ1) is 9.84. The van der Waals surface area contributed by atoms with E-state index in [1.165, 1.54) is 5.56 Å². The lowest BCUT2D eigenvalue weighted by molar-refractivity contribution is 0.303. The number of aryl methyl sites for hydroxylation is 1. The molecule has 110 valence electrons. The lowest BCUT2D eigenvalue weighted by Crippen LogP contribution is -2.27. The van der Waals surface area contributed by atoms with Crippen LogP contribution in [-0.2, 0) is 0 Å². The van der Waals surface area contributed by atoms with E-state index >= 15 is 0 Å². The Bertz CT molecular complexity index is 780. The van der Waals surface area contributed by atoms with Crippen molar-refractivity contribution < 1.29 is 8.94 Å². The Balaban J connectivity index is 1.98. The van der Waals surface area contributed by atoms with Gasteiger partial charge in [-0.15, -0.1) is 0 Å². The number of rotatable bonds is 2. The molecule has 2 N–H and O–H groups in total. The molecule has 0 fully saturated rings. The third-order valence-electron chi connectivity index (χ3n) is 3.54. The zero-order chi connectivity index (χ0) is 15.2. The highest BCUT2D eigenvalue weighted by molar-refractivity contribution is 5.82. The summed E-state index contributed by atoms with van der Waals surface area (Å²) < 4.78 is 11.0. The molecular weight excluding hydrogens is 266 g/mol. The van der Waals surface area contributed by atoms with Crippen LogP contribution in [0.5, 0.6) is 0 Å². The van der Waals surface area contributed by atoms with Gasteiger partial charge in [-0.2, -0.15) is 4.98 Å². The van der Waals surface area contributed by atoms with Crippen LogP contribution in [0.2, 0.25) is 0 Å². The Kier molecular flexibility index (Phi) is 3.10. The summed E-state index contributed by atoms with van der Waals surface area (Å²) in [5, 5.41) is 4.99. The number of nitrogens with zero attached hydrogens (tertiary/aromatic N) is 2. The zero-order valence-corrected chi connectivity index (χ0v) is 12.7. The van der Waals surface area contributed by atoms with Gasteiger partial charge in [-0.25, -0.2) is 0 Å². The highest BCUT2D eigenvalue weighted by atomic mass is 16.5. The summed E-state index contributed by atoms with van der Waals surface area (Å²) in [7, 11) is 0.